The lowest BCUT2D eigenvalue weighted by atomic mass is 10.2. The highest BCUT2D eigenvalue weighted by atomic mass is 32.1. The van der Waals surface area contributed by atoms with Crippen molar-refractivity contribution < 1.29 is 23.7 Å². The molecule has 3 aromatic rings. The third-order valence-electron chi connectivity index (χ3n) is 5.40. The maximum atomic E-state index is 13.3. The average Bonchev–Trinajstić information content (AvgIpc) is 3.51. The molecule has 1 saturated heterocycles. The zero-order valence-electron chi connectivity index (χ0n) is 19.1. The van der Waals surface area contributed by atoms with Gasteiger partial charge in [0.15, 0.2) is 16.6 Å². The van der Waals surface area contributed by atoms with Crippen LogP contribution in [-0.4, -0.2) is 51.0 Å². The predicted molar refractivity (Wildman–Crippen MR) is 131 cm³/mol. The second-order valence-corrected chi connectivity index (χ2v) is 8.57. The molecule has 7 nitrogen and oxygen atoms in total. The SMILES string of the molecule is CCOc1cccc2sc(N(CC3CCCO3)C(=O)/C=C/c3ccc(OC)c(OC)c3)nc12. The molecule has 1 aliphatic rings. The number of amides is 1. The Kier molecular flexibility index (Phi) is 7.47. The topological polar surface area (TPSA) is 70.1 Å². The second kappa shape index (κ2) is 10.7. The second-order valence-electron chi connectivity index (χ2n) is 7.56. The summed E-state index contributed by atoms with van der Waals surface area (Å²) in [6, 6.07) is 11.4. The molecule has 2 heterocycles. The first-order chi connectivity index (χ1) is 16.1. The summed E-state index contributed by atoms with van der Waals surface area (Å²) in [5, 5.41) is 0.634. The van der Waals surface area contributed by atoms with Crippen molar-refractivity contribution in [3.8, 4) is 17.2 Å². The van der Waals surface area contributed by atoms with E-state index < -0.39 is 0 Å². The van der Waals surface area contributed by atoms with Crippen LogP contribution >= 0.6 is 11.3 Å². The molecule has 33 heavy (non-hydrogen) atoms. The average molecular weight is 469 g/mol. The summed E-state index contributed by atoms with van der Waals surface area (Å²) in [5.41, 5.74) is 1.61. The molecule has 0 spiro atoms. The Morgan fingerprint density at radius 3 is 2.79 bits per heavy atom. The van der Waals surface area contributed by atoms with Crippen molar-refractivity contribution in [1.82, 2.24) is 4.98 Å². The highest BCUT2D eigenvalue weighted by molar-refractivity contribution is 7.22. The first-order valence-corrected chi connectivity index (χ1v) is 11.8. The minimum atomic E-state index is -0.155. The van der Waals surface area contributed by atoms with Gasteiger partial charge in [0, 0.05) is 12.7 Å². The quantitative estimate of drug-likeness (QED) is 0.415. The van der Waals surface area contributed by atoms with Gasteiger partial charge in [-0.2, -0.15) is 0 Å². The molecule has 2 aromatic carbocycles. The molecule has 0 radical (unpaired) electrons. The van der Waals surface area contributed by atoms with Crippen molar-refractivity contribution in [3.63, 3.8) is 0 Å². The third-order valence-corrected chi connectivity index (χ3v) is 6.45. The Balaban J connectivity index is 1.63. The third kappa shape index (κ3) is 5.29. The molecule has 1 amide bonds. The van der Waals surface area contributed by atoms with Crippen molar-refractivity contribution >= 4 is 38.7 Å². The number of fused-ring (bicyclic) bond motifs is 1. The number of carbonyl (C=O) groups excluding carboxylic acids is 1. The number of hydrogen-bond acceptors (Lipinski definition) is 7. The lowest BCUT2D eigenvalue weighted by Gasteiger charge is -2.21. The standard InChI is InChI=1S/C25H28N2O5S/c1-4-31-20-8-5-9-22-24(20)26-25(33-22)27(16-18-7-6-14-32-18)23(28)13-11-17-10-12-19(29-2)21(15-17)30-3/h5,8-13,15,18H,4,6-7,14,16H2,1-3H3/b13-11+. The Labute approximate surface area is 197 Å². The fourth-order valence-corrected chi connectivity index (χ4v) is 4.77. The Hall–Kier alpha value is -3.10. The molecule has 0 bridgehead atoms. The van der Waals surface area contributed by atoms with E-state index in [1.165, 1.54) is 11.3 Å². The van der Waals surface area contributed by atoms with E-state index in [9.17, 15) is 4.79 Å². The molecule has 1 fully saturated rings. The van der Waals surface area contributed by atoms with Gasteiger partial charge < -0.3 is 18.9 Å². The molecule has 4 rings (SSSR count). The summed E-state index contributed by atoms with van der Waals surface area (Å²) in [7, 11) is 3.18. The van der Waals surface area contributed by atoms with Crippen molar-refractivity contribution in [2.24, 2.45) is 0 Å². The van der Waals surface area contributed by atoms with Gasteiger partial charge in [0.25, 0.3) is 5.91 Å². The van der Waals surface area contributed by atoms with Crippen LogP contribution in [-0.2, 0) is 9.53 Å². The number of para-hydroxylation sites is 1. The van der Waals surface area contributed by atoms with Crippen molar-refractivity contribution in [2.45, 2.75) is 25.9 Å². The molecule has 1 aromatic heterocycles. The van der Waals surface area contributed by atoms with Crippen LogP contribution < -0.4 is 19.1 Å². The van der Waals surface area contributed by atoms with Gasteiger partial charge in [0.05, 0.1) is 38.2 Å². The molecular formula is C25H28N2O5S. The summed E-state index contributed by atoms with van der Waals surface area (Å²) in [5.74, 6) is 1.82. The van der Waals surface area contributed by atoms with E-state index in [1.807, 2.05) is 43.3 Å². The van der Waals surface area contributed by atoms with Crippen molar-refractivity contribution in [2.75, 3.05) is 38.9 Å². The first-order valence-electron chi connectivity index (χ1n) is 11.0. The van der Waals surface area contributed by atoms with Crippen LogP contribution in [0, 0.1) is 0 Å². The number of anilines is 1. The summed E-state index contributed by atoms with van der Waals surface area (Å²) in [4.78, 5) is 19.8. The van der Waals surface area contributed by atoms with E-state index in [2.05, 4.69) is 0 Å². The van der Waals surface area contributed by atoms with Crippen LogP contribution in [0.4, 0.5) is 5.13 Å². The largest absolute Gasteiger partial charge is 0.493 e. The van der Waals surface area contributed by atoms with E-state index in [1.54, 1.807) is 31.3 Å². The first kappa shape index (κ1) is 23.1. The van der Waals surface area contributed by atoms with Gasteiger partial charge in [-0.15, -0.1) is 0 Å². The zero-order chi connectivity index (χ0) is 23.2. The minimum Gasteiger partial charge on any atom is -0.493 e. The van der Waals surface area contributed by atoms with Gasteiger partial charge in [-0.05, 0) is 55.7 Å². The summed E-state index contributed by atoms with van der Waals surface area (Å²) in [6.07, 6.45) is 5.26. The normalized spacial score (nSPS) is 15.8. The maximum Gasteiger partial charge on any atom is 0.252 e. The smallest absolute Gasteiger partial charge is 0.252 e. The number of carbonyl (C=O) groups is 1. The van der Waals surface area contributed by atoms with E-state index in [-0.39, 0.29) is 12.0 Å². The Morgan fingerprint density at radius 2 is 2.06 bits per heavy atom. The lowest BCUT2D eigenvalue weighted by molar-refractivity contribution is -0.114. The van der Waals surface area contributed by atoms with E-state index in [4.69, 9.17) is 23.9 Å². The molecule has 0 saturated carbocycles. The molecular weight excluding hydrogens is 440 g/mol. The summed E-state index contributed by atoms with van der Waals surface area (Å²) >= 11 is 1.48. The van der Waals surface area contributed by atoms with E-state index >= 15 is 0 Å². The van der Waals surface area contributed by atoms with E-state index in [0.717, 1.165) is 41.0 Å². The molecule has 0 N–H and O–H groups in total. The number of ether oxygens (including phenoxy) is 4. The number of thiazole rings is 1. The van der Waals surface area contributed by atoms with Gasteiger partial charge in [-0.25, -0.2) is 4.98 Å². The number of methoxy groups -OCH3 is 2. The summed E-state index contributed by atoms with van der Waals surface area (Å²) < 4.78 is 23.2. The zero-order valence-corrected chi connectivity index (χ0v) is 19.9. The molecule has 174 valence electrons. The highest BCUT2D eigenvalue weighted by Crippen LogP contribution is 2.35. The van der Waals surface area contributed by atoms with E-state index in [0.29, 0.717) is 29.8 Å². The van der Waals surface area contributed by atoms with Crippen LogP contribution in [0.2, 0.25) is 0 Å². The van der Waals surface area contributed by atoms with Crippen LogP contribution in [0.25, 0.3) is 16.3 Å². The van der Waals surface area contributed by atoms with Gasteiger partial charge in [-0.3, -0.25) is 9.69 Å². The number of rotatable bonds is 9. The van der Waals surface area contributed by atoms with Gasteiger partial charge in [-0.1, -0.05) is 23.5 Å². The highest BCUT2D eigenvalue weighted by Gasteiger charge is 2.25. The number of hydrogen-bond donors (Lipinski definition) is 0. The minimum absolute atomic E-state index is 0.00167. The van der Waals surface area contributed by atoms with Gasteiger partial charge in [0.1, 0.15) is 11.3 Å². The molecule has 1 atom stereocenters. The molecule has 8 heteroatoms. The van der Waals surface area contributed by atoms with Crippen LogP contribution in [0.1, 0.15) is 25.3 Å². The molecule has 0 aliphatic carbocycles. The van der Waals surface area contributed by atoms with Crippen molar-refractivity contribution in [1.29, 1.82) is 0 Å². The fourth-order valence-electron chi connectivity index (χ4n) is 3.77. The van der Waals surface area contributed by atoms with Gasteiger partial charge >= 0.3 is 0 Å². The molecule has 1 aliphatic heterocycles. The van der Waals surface area contributed by atoms with Crippen LogP contribution in [0.3, 0.4) is 0 Å². The summed E-state index contributed by atoms with van der Waals surface area (Å²) in [6.45, 7) is 3.68. The predicted octanol–water partition coefficient (Wildman–Crippen LogP) is 4.94. The maximum absolute atomic E-state index is 13.3. The number of nitrogens with zero attached hydrogens (tertiary/aromatic N) is 2. The van der Waals surface area contributed by atoms with Crippen LogP contribution in [0.5, 0.6) is 17.2 Å². The fraction of sp³-hybridized carbons (Fsp3) is 0.360. The number of benzene rings is 2. The van der Waals surface area contributed by atoms with Crippen molar-refractivity contribution in [3.05, 3.63) is 48.0 Å². The lowest BCUT2D eigenvalue weighted by Crippen LogP contribution is -2.36. The van der Waals surface area contributed by atoms with Crippen LogP contribution in [0.15, 0.2) is 42.5 Å². The molecule has 1 unspecified atom stereocenters. The number of aromatic nitrogens is 1. The van der Waals surface area contributed by atoms with Gasteiger partial charge in [0.2, 0.25) is 0 Å². The monoisotopic (exact) mass is 468 g/mol. The Bertz CT molecular complexity index is 1140. The Morgan fingerprint density at radius 1 is 1.21 bits per heavy atom.